The van der Waals surface area contributed by atoms with Gasteiger partial charge in [-0.2, -0.15) is 0 Å². The van der Waals surface area contributed by atoms with E-state index < -0.39 is 5.91 Å². The van der Waals surface area contributed by atoms with Crippen molar-refractivity contribution in [2.75, 3.05) is 5.32 Å². The van der Waals surface area contributed by atoms with E-state index in [9.17, 15) is 4.79 Å². The van der Waals surface area contributed by atoms with E-state index in [2.05, 4.69) is 36.1 Å². The summed E-state index contributed by atoms with van der Waals surface area (Å²) in [7, 11) is 0. The van der Waals surface area contributed by atoms with Crippen LogP contribution in [0.15, 0.2) is 6.20 Å². The Bertz CT molecular complexity index is 509. The van der Waals surface area contributed by atoms with Gasteiger partial charge in [-0.05, 0) is 43.9 Å². The van der Waals surface area contributed by atoms with Crippen LogP contribution in [0.25, 0.3) is 0 Å². The topological polar surface area (TPSA) is 80.9 Å². The first-order valence-electron chi connectivity index (χ1n) is 8.41. The molecule has 1 saturated carbocycles. The number of nitrogens with two attached hydrogens (primary N) is 1. The highest BCUT2D eigenvalue weighted by molar-refractivity contribution is 5.93. The summed E-state index contributed by atoms with van der Waals surface area (Å²) in [5, 5.41) is 3.42. The molecule has 5 heteroatoms. The highest BCUT2D eigenvalue weighted by Gasteiger charge is 2.20. The molecule has 1 aromatic heterocycles. The molecule has 1 fully saturated rings. The van der Waals surface area contributed by atoms with Crippen molar-refractivity contribution in [3.05, 3.63) is 17.5 Å². The fraction of sp³-hybridized carbons (Fsp3) is 0.706. The van der Waals surface area contributed by atoms with Crippen LogP contribution in [0.4, 0.5) is 5.95 Å². The number of hydrogen-bond acceptors (Lipinski definition) is 4. The Labute approximate surface area is 133 Å². The van der Waals surface area contributed by atoms with Crippen LogP contribution in [-0.4, -0.2) is 21.9 Å². The molecule has 0 saturated heterocycles. The second kappa shape index (κ2) is 7.56. The highest BCUT2D eigenvalue weighted by Crippen LogP contribution is 2.25. The molecule has 1 aromatic rings. The third kappa shape index (κ3) is 4.42. The first kappa shape index (κ1) is 16.7. The van der Waals surface area contributed by atoms with Crippen LogP contribution in [0.1, 0.15) is 68.9 Å². The molecule has 1 heterocycles. The van der Waals surface area contributed by atoms with E-state index in [1.165, 1.54) is 12.8 Å². The molecule has 1 atom stereocenters. The van der Waals surface area contributed by atoms with Gasteiger partial charge in [-0.25, -0.2) is 9.97 Å². The minimum atomic E-state index is -0.448. The lowest BCUT2D eigenvalue weighted by Gasteiger charge is -2.27. The molecule has 1 amide bonds. The molecule has 5 nitrogen and oxygen atoms in total. The Morgan fingerprint density at radius 1 is 1.41 bits per heavy atom. The molecule has 3 N–H and O–H groups in total. The Morgan fingerprint density at radius 2 is 2.09 bits per heavy atom. The van der Waals surface area contributed by atoms with Crippen LogP contribution in [0.2, 0.25) is 0 Å². The summed E-state index contributed by atoms with van der Waals surface area (Å²) in [5.41, 5.74) is 6.66. The van der Waals surface area contributed by atoms with Gasteiger partial charge in [0.25, 0.3) is 5.91 Å². The smallest absolute Gasteiger partial charge is 0.252 e. The van der Waals surface area contributed by atoms with E-state index in [1.807, 2.05) is 0 Å². The number of amides is 1. The third-order valence-electron chi connectivity index (χ3n) is 4.72. The molecule has 1 aliphatic rings. The summed E-state index contributed by atoms with van der Waals surface area (Å²) < 4.78 is 0. The first-order valence-corrected chi connectivity index (χ1v) is 8.41. The first-order chi connectivity index (χ1) is 10.5. The van der Waals surface area contributed by atoms with Crippen molar-refractivity contribution >= 4 is 11.9 Å². The second-order valence-corrected chi connectivity index (χ2v) is 6.74. The number of anilines is 1. The average molecular weight is 304 g/mol. The van der Waals surface area contributed by atoms with Crippen molar-refractivity contribution < 1.29 is 4.79 Å². The predicted octanol–water partition coefficient (Wildman–Crippen LogP) is 3.15. The average Bonchev–Trinajstić information content (AvgIpc) is 2.49. The van der Waals surface area contributed by atoms with E-state index in [1.54, 1.807) is 6.20 Å². The molecule has 0 radical (unpaired) electrons. The number of aromatic nitrogens is 2. The number of primary amides is 1. The van der Waals surface area contributed by atoms with Crippen LogP contribution >= 0.6 is 0 Å². The summed E-state index contributed by atoms with van der Waals surface area (Å²) >= 11 is 0. The molecule has 0 spiro atoms. The third-order valence-corrected chi connectivity index (χ3v) is 4.72. The van der Waals surface area contributed by atoms with Gasteiger partial charge in [0.05, 0.1) is 11.3 Å². The summed E-state index contributed by atoms with van der Waals surface area (Å²) in [6.45, 7) is 6.60. The minimum absolute atomic E-state index is 0.437. The van der Waals surface area contributed by atoms with Gasteiger partial charge in [0.2, 0.25) is 5.95 Å². The van der Waals surface area contributed by atoms with Gasteiger partial charge in [-0.15, -0.1) is 0 Å². The lowest BCUT2D eigenvalue weighted by molar-refractivity contribution is 0.0998. The zero-order valence-electron chi connectivity index (χ0n) is 13.9. The van der Waals surface area contributed by atoms with Gasteiger partial charge in [0, 0.05) is 12.2 Å². The molecular weight excluding hydrogens is 276 g/mol. The monoisotopic (exact) mass is 304 g/mol. The van der Waals surface area contributed by atoms with Gasteiger partial charge in [0.1, 0.15) is 0 Å². The van der Waals surface area contributed by atoms with Crippen LogP contribution in [0.3, 0.4) is 0 Å². The molecule has 1 aliphatic carbocycles. The number of rotatable bonds is 6. The summed E-state index contributed by atoms with van der Waals surface area (Å²) in [5.74, 6) is 1.47. The molecule has 2 rings (SSSR count). The quantitative estimate of drug-likeness (QED) is 0.846. The number of carbonyl (C=O) groups is 1. The van der Waals surface area contributed by atoms with Gasteiger partial charge in [-0.1, -0.05) is 27.2 Å². The maximum atomic E-state index is 11.6. The van der Waals surface area contributed by atoms with Crippen LogP contribution < -0.4 is 11.1 Å². The number of carbonyl (C=O) groups excluding carboxylic acids is 1. The van der Waals surface area contributed by atoms with Gasteiger partial charge < -0.3 is 11.1 Å². The SMILES string of the molecule is CC[C@@H](C)Cc1nc(NC2CCC(C)CC2)ncc1C(N)=O. The molecule has 122 valence electrons. The van der Waals surface area contributed by atoms with Crippen molar-refractivity contribution in [3.63, 3.8) is 0 Å². The largest absolute Gasteiger partial charge is 0.365 e. The van der Waals surface area contributed by atoms with E-state index in [0.717, 1.165) is 37.3 Å². The molecular formula is C17H28N4O. The van der Waals surface area contributed by atoms with E-state index >= 15 is 0 Å². The van der Waals surface area contributed by atoms with Crippen molar-refractivity contribution in [1.82, 2.24) is 9.97 Å². The van der Waals surface area contributed by atoms with E-state index in [0.29, 0.717) is 23.5 Å². The van der Waals surface area contributed by atoms with Crippen molar-refractivity contribution in [2.45, 2.75) is 65.3 Å². The normalized spacial score (nSPS) is 23.0. The molecule has 0 bridgehead atoms. The predicted molar refractivity (Wildman–Crippen MR) is 88.8 cm³/mol. The lowest BCUT2D eigenvalue weighted by atomic mass is 9.87. The maximum Gasteiger partial charge on any atom is 0.252 e. The highest BCUT2D eigenvalue weighted by atomic mass is 16.1. The Hall–Kier alpha value is -1.65. The second-order valence-electron chi connectivity index (χ2n) is 6.74. The summed E-state index contributed by atoms with van der Waals surface area (Å²) in [6.07, 6.45) is 8.18. The fourth-order valence-electron chi connectivity index (χ4n) is 2.91. The van der Waals surface area contributed by atoms with E-state index in [4.69, 9.17) is 5.73 Å². The summed E-state index contributed by atoms with van der Waals surface area (Å²) in [4.78, 5) is 20.4. The van der Waals surface area contributed by atoms with Crippen molar-refractivity contribution in [2.24, 2.45) is 17.6 Å². The molecule has 22 heavy (non-hydrogen) atoms. The van der Waals surface area contributed by atoms with Gasteiger partial charge >= 0.3 is 0 Å². The molecule has 0 unspecified atom stereocenters. The van der Waals surface area contributed by atoms with Crippen molar-refractivity contribution in [1.29, 1.82) is 0 Å². The number of hydrogen-bond donors (Lipinski definition) is 2. The Kier molecular flexibility index (Phi) is 5.75. The Balaban J connectivity index is 2.11. The summed E-state index contributed by atoms with van der Waals surface area (Å²) in [6, 6.07) is 0.437. The Morgan fingerprint density at radius 3 is 2.68 bits per heavy atom. The van der Waals surface area contributed by atoms with Crippen LogP contribution in [0.5, 0.6) is 0 Å². The minimum Gasteiger partial charge on any atom is -0.365 e. The van der Waals surface area contributed by atoms with E-state index in [-0.39, 0.29) is 0 Å². The lowest BCUT2D eigenvalue weighted by Crippen LogP contribution is -2.27. The van der Waals surface area contributed by atoms with Gasteiger partial charge in [0.15, 0.2) is 0 Å². The molecule has 0 aromatic carbocycles. The van der Waals surface area contributed by atoms with Crippen molar-refractivity contribution in [3.8, 4) is 0 Å². The maximum absolute atomic E-state index is 11.6. The standard InChI is InChI=1S/C17H28N4O/c1-4-11(2)9-15-14(16(18)22)10-19-17(21-15)20-13-7-5-12(3)6-8-13/h10-13H,4-9H2,1-3H3,(H2,18,22)(H,19,20,21)/t11-,12?,13?/m1/s1. The van der Waals surface area contributed by atoms with Crippen LogP contribution in [0, 0.1) is 11.8 Å². The number of nitrogens with one attached hydrogen (secondary N) is 1. The van der Waals surface area contributed by atoms with Gasteiger partial charge in [-0.3, -0.25) is 4.79 Å². The zero-order valence-corrected chi connectivity index (χ0v) is 13.9. The zero-order chi connectivity index (χ0) is 16.1. The molecule has 0 aliphatic heterocycles. The fourth-order valence-corrected chi connectivity index (χ4v) is 2.91. The number of nitrogens with zero attached hydrogens (tertiary/aromatic N) is 2. The van der Waals surface area contributed by atoms with Crippen LogP contribution in [-0.2, 0) is 6.42 Å².